The van der Waals surface area contributed by atoms with Crippen molar-refractivity contribution < 1.29 is 9.90 Å². The molecule has 0 bridgehead atoms. The fourth-order valence-electron chi connectivity index (χ4n) is 5.99. The Morgan fingerprint density at radius 3 is 2.25 bits per heavy atom. The molecule has 0 saturated heterocycles. The minimum Gasteiger partial charge on any atom is -0.481 e. The molecule has 2 fully saturated rings. The summed E-state index contributed by atoms with van der Waals surface area (Å²) in [5.74, 6) is 2.29. The maximum atomic E-state index is 10.8. The normalized spacial score (nSPS) is 31.8. The Kier molecular flexibility index (Phi) is 9.83. The van der Waals surface area contributed by atoms with E-state index in [0.717, 1.165) is 37.0 Å². The molecule has 28 heavy (non-hydrogen) atoms. The summed E-state index contributed by atoms with van der Waals surface area (Å²) in [7, 11) is 0. The molecule has 0 heterocycles. The molecule has 0 aliphatic heterocycles. The molecule has 2 aliphatic carbocycles. The number of nitriles is 1. The zero-order valence-electron chi connectivity index (χ0n) is 18.4. The van der Waals surface area contributed by atoms with Crippen LogP contribution in [0.15, 0.2) is 0 Å². The maximum absolute atomic E-state index is 10.8. The lowest BCUT2D eigenvalue weighted by Gasteiger charge is -2.43. The molecule has 0 aromatic rings. The number of aliphatic carboxylic acids is 1. The molecule has 0 aromatic heterocycles. The minimum absolute atomic E-state index is 0.203. The van der Waals surface area contributed by atoms with Crippen LogP contribution in [0.2, 0.25) is 0 Å². The van der Waals surface area contributed by atoms with Gasteiger partial charge < -0.3 is 5.11 Å². The molecule has 1 N–H and O–H groups in total. The number of hydrogen-bond acceptors (Lipinski definition) is 2. The molecule has 1 atom stereocenters. The zero-order valence-corrected chi connectivity index (χ0v) is 18.4. The van der Waals surface area contributed by atoms with Crippen molar-refractivity contribution in [2.75, 3.05) is 0 Å². The van der Waals surface area contributed by atoms with Gasteiger partial charge >= 0.3 is 5.97 Å². The molecule has 2 aliphatic rings. The molecule has 0 radical (unpaired) electrons. The van der Waals surface area contributed by atoms with Gasteiger partial charge in [-0.25, -0.2) is 0 Å². The van der Waals surface area contributed by atoms with Gasteiger partial charge in [-0.05, 0) is 75.0 Å². The third-order valence-corrected chi connectivity index (χ3v) is 8.14. The van der Waals surface area contributed by atoms with Gasteiger partial charge in [0.05, 0.1) is 11.5 Å². The number of rotatable bonds is 11. The van der Waals surface area contributed by atoms with Crippen LogP contribution in [0.5, 0.6) is 0 Å². The van der Waals surface area contributed by atoms with Gasteiger partial charge in [0.2, 0.25) is 0 Å². The molecule has 2 saturated carbocycles. The van der Waals surface area contributed by atoms with E-state index in [1.54, 1.807) is 0 Å². The molecule has 3 nitrogen and oxygen atoms in total. The average molecular weight is 390 g/mol. The molecule has 160 valence electrons. The smallest absolute Gasteiger partial charge is 0.303 e. The van der Waals surface area contributed by atoms with Gasteiger partial charge in [-0.3, -0.25) is 4.79 Å². The van der Waals surface area contributed by atoms with Gasteiger partial charge in [0.15, 0.2) is 0 Å². The van der Waals surface area contributed by atoms with Crippen LogP contribution in [0.3, 0.4) is 0 Å². The van der Waals surface area contributed by atoms with E-state index in [0.29, 0.717) is 12.3 Å². The van der Waals surface area contributed by atoms with Gasteiger partial charge in [0, 0.05) is 6.42 Å². The molecular weight excluding hydrogens is 346 g/mol. The lowest BCUT2D eigenvalue weighted by Crippen LogP contribution is -2.35. The third kappa shape index (κ3) is 6.78. The van der Waals surface area contributed by atoms with Crippen molar-refractivity contribution in [1.29, 1.82) is 5.26 Å². The van der Waals surface area contributed by atoms with Crippen LogP contribution in [0.4, 0.5) is 0 Å². The number of carboxylic acid groups (broad SMARTS) is 1. The number of nitrogens with zero attached hydrogens (tertiary/aromatic N) is 1. The molecule has 0 aromatic carbocycles. The van der Waals surface area contributed by atoms with Gasteiger partial charge in [-0.15, -0.1) is 0 Å². The first-order chi connectivity index (χ1) is 13.5. The molecule has 0 amide bonds. The van der Waals surface area contributed by atoms with E-state index in [1.807, 2.05) is 0 Å². The van der Waals surface area contributed by atoms with Crippen molar-refractivity contribution in [3.63, 3.8) is 0 Å². The van der Waals surface area contributed by atoms with Gasteiger partial charge in [-0.2, -0.15) is 5.26 Å². The largest absolute Gasteiger partial charge is 0.481 e. The van der Waals surface area contributed by atoms with Crippen molar-refractivity contribution in [1.82, 2.24) is 0 Å². The molecule has 3 heteroatoms. The van der Waals surface area contributed by atoms with Crippen molar-refractivity contribution in [2.45, 2.75) is 117 Å². The highest BCUT2D eigenvalue weighted by Crippen LogP contribution is 2.49. The fourth-order valence-corrected chi connectivity index (χ4v) is 5.99. The van der Waals surface area contributed by atoms with Crippen molar-refractivity contribution in [3.8, 4) is 6.07 Å². The van der Waals surface area contributed by atoms with Crippen LogP contribution in [0.1, 0.15) is 117 Å². The highest BCUT2D eigenvalue weighted by molar-refractivity contribution is 5.66. The number of carbonyl (C=O) groups is 1. The number of hydrogen-bond donors (Lipinski definition) is 1. The summed E-state index contributed by atoms with van der Waals surface area (Å²) in [4.78, 5) is 10.8. The van der Waals surface area contributed by atoms with E-state index in [4.69, 9.17) is 5.11 Å². The molecule has 0 unspecified atom stereocenters. The zero-order chi connectivity index (χ0) is 20.4. The van der Waals surface area contributed by atoms with E-state index in [-0.39, 0.29) is 11.8 Å². The SMILES string of the molecule is CCCCCCC1CCC([C@H]2CC[C@](C#N)([C@@H](C)CCCC(=O)O)CC2)CC1. The molecule has 0 spiro atoms. The van der Waals surface area contributed by atoms with E-state index < -0.39 is 5.97 Å². The van der Waals surface area contributed by atoms with Crippen molar-refractivity contribution in [3.05, 3.63) is 0 Å². The predicted molar refractivity (Wildman–Crippen MR) is 115 cm³/mol. The van der Waals surface area contributed by atoms with Crippen LogP contribution >= 0.6 is 0 Å². The lowest BCUT2D eigenvalue weighted by atomic mass is 9.60. The summed E-state index contributed by atoms with van der Waals surface area (Å²) < 4.78 is 0. The highest BCUT2D eigenvalue weighted by atomic mass is 16.4. The number of unbranched alkanes of at least 4 members (excludes halogenated alkanes) is 3. The third-order valence-electron chi connectivity index (χ3n) is 8.14. The Morgan fingerprint density at radius 2 is 1.68 bits per heavy atom. The fraction of sp³-hybridized carbons (Fsp3) is 0.920. The molecular formula is C25H43NO2. The van der Waals surface area contributed by atoms with E-state index in [9.17, 15) is 10.1 Å². The summed E-state index contributed by atoms with van der Waals surface area (Å²) in [5.41, 5.74) is -0.203. The average Bonchev–Trinajstić information content (AvgIpc) is 2.71. The van der Waals surface area contributed by atoms with Gasteiger partial charge in [0.25, 0.3) is 0 Å². The standard InChI is InChI=1S/C25H43NO2/c1-3-4-5-6-9-21-11-13-22(14-12-21)23-15-17-25(19-26,18-16-23)20(2)8-7-10-24(27)28/h20-23H,3-18H2,1-2H3,(H,27,28)/t20-,21?,22?,23-,25-/m0/s1. The maximum Gasteiger partial charge on any atom is 0.303 e. The van der Waals surface area contributed by atoms with Crippen LogP contribution in [0.25, 0.3) is 0 Å². The van der Waals surface area contributed by atoms with E-state index in [2.05, 4.69) is 19.9 Å². The van der Waals surface area contributed by atoms with Crippen LogP contribution in [-0.4, -0.2) is 11.1 Å². The Morgan fingerprint density at radius 1 is 1.04 bits per heavy atom. The van der Waals surface area contributed by atoms with Gasteiger partial charge in [-0.1, -0.05) is 58.8 Å². The number of carboxylic acids is 1. The summed E-state index contributed by atoms with van der Waals surface area (Å²) in [6, 6.07) is 2.67. The summed E-state index contributed by atoms with van der Waals surface area (Å²) in [5, 5.41) is 18.8. The van der Waals surface area contributed by atoms with Crippen molar-refractivity contribution >= 4 is 5.97 Å². The Hall–Kier alpha value is -1.04. The van der Waals surface area contributed by atoms with E-state index in [1.165, 1.54) is 70.6 Å². The highest BCUT2D eigenvalue weighted by Gasteiger charge is 2.41. The Bertz CT molecular complexity index is 493. The topological polar surface area (TPSA) is 61.1 Å². The van der Waals surface area contributed by atoms with Gasteiger partial charge in [0.1, 0.15) is 0 Å². The van der Waals surface area contributed by atoms with Crippen LogP contribution in [0, 0.1) is 40.4 Å². The lowest BCUT2D eigenvalue weighted by molar-refractivity contribution is -0.137. The quantitative estimate of drug-likeness (QED) is 0.376. The van der Waals surface area contributed by atoms with Crippen molar-refractivity contribution in [2.24, 2.45) is 29.1 Å². The molecule has 2 rings (SSSR count). The predicted octanol–water partition coefficient (Wildman–Crippen LogP) is 7.35. The monoisotopic (exact) mass is 389 g/mol. The summed E-state index contributed by atoms with van der Waals surface area (Å²) in [6.07, 6.45) is 19.0. The second-order valence-corrected chi connectivity index (χ2v) is 9.92. The first kappa shape index (κ1) is 23.2. The second kappa shape index (κ2) is 11.8. The van der Waals surface area contributed by atoms with Crippen LogP contribution < -0.4 is 0 Å². The first-order valence-corrected chi connectivity index (χ1v) is 12.1. The summed E-state index contributed by atoms with van der Waals surface area (Å²) in [6.45, 7) is 4.46. The minimum atomic E-state index is -0.720. The first-order valence-electron chi connectivity index (χ1n) is 12.1. The van der Waals surface area contributed by atoms with Crippen LogP contribution in [-0.2, 0) is 4.79 Å². The Labute approximate surface area is 173 Å². The second-order valence-electron chi connectivity index (χ2n) is 9.92. The Balaban J connectivity index is 1.72. The summed E-state index contributed by atoms with van der Waals surface area (Å²) >= 11 is 0. The van der Waals surface area contributed by atoms with E-state index >= 15 is 0 Å².